The van der Waals surface area contributed by atoms with Gasteiger partial charge in [0, 0.05) is 11.6 Å². The second kappa shape index (κ2) is 5.36. The second-order valence-corrected chi connectivity index (χ2v) is 4.48. The Hall–Kier alpha value is -1.61. The fourth-order valence-corrected chi connectivity index (χ4v) is 1.83. The van der Waals surface area contributed by atoms with Crippen LogP contribution >= 0.6 is 11.6 Å². The number of nitrogens with one attached hydrogen (secondary N) is 1. The molecular weight excluding hydrogens is 256 g/mol. The van der Waals surface area contributed by atoms with E-state index in [1.165, 1.54) is 24.3 Å². The molecule has 2 rings (SSSR count). The van der Waals surface area contributed by atoms with Gasteiger partial charge in [0.2, 0.25) is 0 Å². The van der Waals surface area contributed by atoms with Crippen molar-refractivity contribution < 1.29 is 8.78 Å². The van der Waals surface area contributed by atoms with Crippen molar-refractivity contribution in [2.45, 2.75) is 13.5 Å². The molecule has 0 spiro atoms. The van der Waals surface area contributed by atoms with E-state index >= 15 is 0 Å². The zero-order valence-corrected chi connectivity index (χ0v) is 10.6. The zero-order chi connectivity index (χ0) is 13.1. The van der Waals surface area contributed by atoms with Crippen molar-refractivity contribution in [2.24, 2.45) is 0 Å². The molecule has 0 aliphatic rings. The molecule has 1 nitrogen and oxygen atoms in total. The Morgan fingerprint density at radius 1 is 1.11 bits per heavy atom. The molecule has 4 heteroatoms. The molecule has 18 heavy (non-hydrogen) atoms. The highest BCUT2D eigenvalue weighted by molar-refractivity contribution is 6.31. The molecule has 0 aromatic heterocycles. The summed E-state index contributed by atoms with van der Waals surface area (Å²) >= 11 is 5.93. The van der Waals surface area contributed by atoms with Crippen LogP contribution in [0.4, 0.5) is 14.5 Å². The van der Waals surface area contributed by atoms with Gasteiger partial charge in [-0.3, -0.25) is 0 Å². The Labute approximate surface area is 109 Å². The molecular formula is C14H12ClF2N. The Morgan fingerprint density at radius 3 is 2.67 bits per heavy atom. The average molecular weight is 268 g/mol. The SMILES string of the molecule is Cc1ccc(F)c(NCc2cc(F)ccc2Cl)c1. The molecule has 0 fully saturated rings. The second-order valence-electron chi connectivity index (χ2n) is 4.07. The molecule has 2 aromatic rings. The maximum Gasteiger partial charge on any atom is 0.146 e. The summed E-state index contributed by atoms with van der Waals surface area (Å²) in [4.78, 5) is 0. The number of halogens is 3. The van der Waals surface area contributed by atoms with Gasteiger partial charge in [0.15, 0.2) is 0 Å². The topological polar surface area (TPSA) is 12.0 Å². The largest absolute Gasteiger partial charge is 0.379 e. The third kappa shape index (κ3) is 2.99. The summed E-state index contributed by atoms with van der Waals surface area (Å²) in [5, 5.41) is 3.37. The number of rotatable bonds is 3. The molecule has 0 saturated carbocycles. The van der Waals surface area contributed by atoms with Crippen LogP contribution in [-0.2, 0) is 6.54 Å². The first-order valence-electron chi connectivity index (χ1n) is 5.50. The van der Waals surface area contributed by atoms with Gasteiger partial charge < -0.3 is 5.32 Å². The summed E-state index contributed by atoms with van der Waals surface area (Å²) in [6.45, 7) is 2.15. The summed E-state index contributed by atoms with van der Waals surface area (Å²) in [5.74, 6) is -0.700. The minimum Gasteiger partial charge on any atom is -0.379 e. The van der Waals surface area contributed by atoms with E-state index in [1.807, 2.05) is 6.92 Å². The van der Waals surface area contributed by atoms with E-state index in [0.717, 1.165) is 5.56 Å². The van der Waals surface area contributed by atoms with Crippen molar-refractivity contribution in [1.82, 2.24) is 0 Å². The molecule has 0 atom stereocenters. The highest BCUT2D eigenvalue weighted by Crippen LogP contribution is 2.20. The van der Waals surface area contributed by atoms with E-state index in [1.54, 1.807) is 12.1 Å². The quantitative estimate of drug-likeness (QED) is 0.861. The van der Waals surface area contributed by atoms with Crippen molar-refractivity contribution in [3.63, 3.8) is 0 Å². The fraction of sp³-hybridized carbons (Fsp3) is 0.143. The highest BCUT2D eigenvalue weighted by Gasteiger charge is 2.05. The van der Waals surface area contributed by atoms with Crippen LogP contribution in [0, 0.1) is 18.6 Å². The summed E-state index contributed by atoms with van der Waals surface area (Å²) in [7, 11) is 0. The summed E-state index contributed by atoms with van der Waals surface area (Å²) in [5.41, 5.74) is 1.93. The van der Waals surface area contributed by atoms with E-state index in [9.17, 15) is 8.78 Å². The third-order valence-corrected chi connectivity index (χ3v) is 2.97. The van der Waals surface area contributed by atoms with Gasteiger partial charge in [0.25, 0.3) is 0 Å². The van der Waals surface area contributed by atoms with Crippen molar-refractivity contribution in [3.8, 4) is 0 Å². The van der Waals surface area contributed by atoms with Crippen LogP contribution in [0.3, 0.4) is 0 Å². The molecule has 1 N–H and O–H groups in total. The summed E-state index contributed by atoms with van der Waals surface area (Å²) < 4.78 is 26.5. The van der Waals surface area contributed by atoms with Gasteiger partial charge in [-0.1, -0.05) is 17.7 Å². The predicted molar refractivity (Wildman–Crippen MR) is 69.9 cm³/mol. The normalized spacial score (nSPS) is 10.4. The smallest absolute Gasteiger partial charge is 0.146 e. The van der Waals surface area contributed by atoms with Gasteiger partial charge in [-0.15, -0.1) is 0 Å². The number of anilines is 1. The van der Waals surface area contributed by atoms with E-state index in [4.69, 9.17) is 11.6 Å². The lowest BCUT2D eigenvalue weighted by Gasteiger charge is -2.10. The minimum atomic E-state index is -0.360. The van der Waals surface area contributed by atoms with Crippen LogP contribution in [0.2, 0.25) is 5.02 Å². The van der Waals surface area contributed by atoms with Gasteiger partial charge in [0.05, 0.1) is 5.69 Å². The standard InChI is InChI=1S/C14H12ClF2N/c1-9-2-5-13(17)14(6-9)18-8-10-7-11(16)3-4-12(10)15/h2-7,18H,8H2,1H3. The number of benzene rings is 2. The van der Waals surface area contributed by atoms with Crippen LogP contribution in [0.5, 0.6) is 0 Å². The number of hydrogen-bond acceptors (Lipinski definition) is 1. The first kappa shape index (κ1) is 12.8. The molecule has 0 aliphatic carbocycles. The van der Waals surface area contributed by atoms with E-state index in [0.29, 0.717) is 16.3 Å². The van der Waals surface area contributed by atoms with Crippen molar-refractivity contribution >= 4 is 17.3 Å². The lowest BCUT2D eigenvalue weighted by molar-refractivity contribution is 0.625. The molecule has 0 heterocycles. The molecule has 2 aromatic carbocycles. The van der Waals surface area contributed by atoms with Gasteiger partial charge >= 0.3 is 0 Å². The molecule has 0 radical (unpaired) electrons. The monoisotopic (exact) mass is 267 g/mol. The van der Waals surface area contributed by atoms with Crippen LogP contribution < -0.4 is 5.32 Å². The van der Waals surface area contributed by atoms with Crippen LogP contribution in [0.1, 0.15) is 11.1 Å². The Morgan fingerprint density at radius 2 is 1.89 bits per heavy atom. The van der Waals surface area contributed by atoms with Crippen molar-refractivity contribution in [2.75, 3.05) is 5.32 Å². The van der Waals surface area contributed by atoms with E-state index < -0.39 is 0 Å². The number of hydrogen-bond donors (Lipinski definition) is 1. The Bertz CT molecular complexity index is 518. The van der Waals surface area contributed by atoms with Gasteiger partial charge in [-0.2, -0.15) is 0 Å². The minimum absolute atomic E-state index is 0.275. The lowest BCUT2D eigenvalue weighted by atomic mass is 10.2. The summed E-state index contributed by atoms with van der Waals surface area (Å²) in [6.07, 6.45) is 0. The maximum atomic E-state index is 13.5. The maximum absolute atomic E-state index is 13.5. The van der Waals surface area contributed by atoms with Crippen LogP contribution in [0.25, 0.3) is 0 Å². The fourth-order valence-electron chi connectivity index (χ4n) is 1.64. The number of aryl methyl sites for hydroxylation is 1. The summed E-state index contributed by atoms with van der Waals surface area (Å²) in [6, 6.07) is 8.89. The molecule has 0 saturated heterocycles. The highest BCUT2D eigenvalue weighted by atomic mass is 35.5. The van der Waals surface area contributed by atoms with Gasteiger partial charge in [-0.25, -0.2) is 8.78 Å². The Balaban J connectivity index is 2.16. The molecule has 0 amide bonds. The van der Waals surface area contributed by atoms with Crippen LogP contribution in [-0.4, -0.2) is 0 Å². The van der Waals surface area contributed by atoms with E-state index in [2.05, 4.69) is 5.32 Å². The van der Waals surface area contributed by atoms with Gasteiger partial charge in [-0.05, 0) is 48.4 Å². The van der Waals surface area contributed by atoms with Gasteiger partial charge in [0.1, 0.15) is 11.6 Å². The zero-order valence-electron chi connectivity index (χ0n) is 9.81. The third-order valence-electron chi connectivity index (χ3n) is 2.60. The molecule has 0 aliphatic heterocycles. The van der Waals surface area contributed by atoms with E-state index in [-0.39, 0.29) is 18.2 Å². The molecule has 94 valence electrons. The average Bonchev–Trinajstić information content (AvgIpc) is 2.34. The molecule has 0 bridgehead atoms. The van der Waals surface area contributed by atoms with Crippen molar-refractivity contribution in [1.29, 1.82) is 0 Å². The predicted octanol–water partition coefficient (Wildman–Crippen LogP) is 4.54. The first-order valence-corrected chi connectivity index (χ1v) is 5.88. The van der Waals surface area contributed by atoms with Crippen LogP contribution in [0.15, 0.2) is 36.4 Å². The lowest BCUT2D eigenvalue weighted by Crippen LogP contribution is -2.02. The van der Waals surface area contributed by atoms with Crippen molar-refractivity contribution in [3.05, 3.63) is 64.2 Å². The first-order chi connectivity index (χ1) is 8.56. The Kier molecular flexibility index (Phi) is 3.82. The molecule has 0 unspecified atom stereocenters.